The van der Waals surface area contributed by atoms with Crippen LogP contribution in [0.5, 0.6) is 0 Å². The fraction of sp³-hybridized carbons (Fsp3) is 0.929. The van der Waals surface area contributed by atoms with E-state index in [9.17, 15) is 4.79 Å². The van der Waals surface area contributed by atoms with Gasteiger partial charge in [0, 0.05) is 12.6 Å². The summed E-state index contributed by atoms with van der Waals surface area (Å²) in [6, 6.07) is 0.537. The first kappa shape index (κ1) is 14.5. The van der Waals surface area contributed by atoms with Crippen molar-refractivity contribution < 1.29 is 4.79 Å². The molecule has 0 aromatic heterocycles. The molecule has 0 spiro atoms. The van der Waals surface area contributed by atoms with Crippen molar-refractivity contribution in [3.8, 4) is 0 Å². The fourth-order valence-electron chi connectivity index (χ4n) is 2.49. The molecule has 1 aliphatic carbocycles. The van der Waals surface area contributed by atoms with E-state index in [-0.39, 0.29) is 5.91 Å². The number of amides is 1. The molecular weight excluding hydrogens is 212 g/mol. The van der Waals surface area contributed by atoms with Crippen LogP contribution in [0.2, 0.25) is 0 Å². The van der Waals surface area contributed by atoms with Gasteiger partial charge in [-0.15, -0.1) is 0 Å². The molecule has 0 aromatic carbocycles. The molecular formula is C14H28N2O. The summed E-state index contributed by atoms with van der Waals surface area (Å²) < 4.78 is 0. The molecule has 0 bridgehead atoms. The molecule has 0 radical (unpaired) electrons. The average Bonchev–Trinajstić information content (AvgIpc) is 2.52. The summed E-state index contributed by atoms with van der Waals surface area (Å²) in [5.41, 5.74) is 0. The monoisotopic (exact) mass is 240 g/mol. The Bertz CT molecular complexity index is 218. The number of carbonyl (C=O) groups excluding carboxylic acids is 1. The smallest absolute Gasteiger partial charge is 0.233 e. The molecule has 1 fully saturated rings. The predicted molar refractivity (Wildman–Crippen MR) is 72.0 cm³/mol. The van der Waals surface area contributed by atoms with Crippen molar-refractivity contribution in [1.29, 1.82) is 0 Å². The number of hydrogen-bond donors (Lipinski definition) is 2. The first-order chi connectivity index (χ1) is 8.24. The number of carbonyl (C=O) groups is 1. The van der Waals surface area contributed by atoms with Gasteiger partial charge in [-0.2, -0.15) is 0 Å². The topological polar surface area (TPSA) is 41.1 Å². The summed E-state index contributed by atoms with van der Waals surface area (Å²) in [6.45, 7) is 5.74. The number of unbranched alkanes of at least 4 members (excludes halogenated alkanes) is 1. The molecule has 1 rings (SSSR count). The van der Waals surface area contributed by atoms with Gasteiger partial charge in [-0.3, -0.25) is 4.79 Å². The lowest BCUT2D eigenvalue weighted by atomic mass is 9.97. The van der Waals surface area contributed by atoms with Crippen LogP contribution in [0.25, 0.3) is 0 Å². The molecule has 0 aromatic rings. The number of hydrogen-bond acceptors (Lipinski definition) is 2. The Labute approximate surface area is 106 Å². The second-order valence-corrected chi connectivity index (χ2v) is 5.31. The molecule has 2 atom stereocenters. The maximum absolute atomic E-state index is 11.6. The highest BCUT2D eigenvalue weighted by atomic mass is 16.1. The first-order valence-electron chi connectivity index (χ1n) is 7.24. The van der Waals surface area contributed by atoms with Gasteiger partial charge in [0.1, 0.15) is 0 Å². The van der Waals surface area contributed by atoms with E-state index in [1.165, 1.54) is 32.1 Å². The van der Waals surface area contributed by atoms with E-state index in [1.54, 1.807) is 0 Å². The largest absolute Gasteiger partial charge is 0.355 e. The Kier molecular flexibility index (Phi) is 7.25. The molecule has 3 heteroatoms. The summed E-state index contributed by atoms with van der Waals surface area (Å²) in [5, 5.41) is 6.38. The third-order valence-electron chi connectivity index (χ3n) is 3.74. The Hall–Kier alpha value is -0.570. The van der Waals surface area contributed by atoms with E-state index < -0.39 is 0 Å². The van der Waals surface area contributed by atoms with Gasteiger partial charge in [0.2, 0.25) is 5.91 Å². The lowest BCUT2D eigenvalue weighted by molar-refractivity contribution is -0.120. The van der Waals surface area contributed by atoms with Gasteiger partial charge < -0.3 is 10.6 Å². The highest BCUT2D eigenvalue weighted by Gasteiger charge is 2.19. The minimum atomic E-state index is 0.148. The lowest BCUT2D eigenvalue weighted by Crippen LogP contribution is -2.41. The summed E-state index contributed by atoms with van der Waals surface area (Å²) >= 11 is 0. The molecule has 2 N–H and O–H groups in total. The van der Waals surface area contributed by atoms with Gasteiger partial charge in [-0.25, -0.2) is 0 Å². The van der Waals surface area contributed by atoms with Gasteiger partial charge in [0.15, 0.2) is 0 Å². The molecule has 1 amide bonds. The van der Waals surface area contributed by atoms with Crippen LogP contribution < -0.4 is 10.6 Å². The normalized spacial score (nSPS) is 25.3. The van der Waals surface area contributed by atoms with Crippen LogP contribution in [-0.4, -0.2) is 25.0 Å². The zero-order chi connectivity index (χ0) is 12.5. The zero-order valence-electron chi connectivity index (χ0n) is 11.4. The van der Waals surface area contributed by atoms with Crippen molar-refractivity contribution in [2.75, 3.05) is 13.1 Å². The quantitative estimate of drug-likeness (QED) is 0.553. The number of nitrogens with one attached hydrogen (secondary N) is 2. The highest BCUT2D eigenvalue weighted by molar-refractivity contribution is 5.77. The molecule has 0 heterocycles. The van der Waals surface area contributed by atoms with E-state index in [0.29, 0.717) is 18.5 Å². The third kappa shape index (κ3) is 6.06. The van der Waals surface area contributed by atoms with Gasteiger partial charge in [-0.05, 0) is 25.2 Å². The second-order valence-electron chi connectivity index (χ2n) is 5.31. The molecule has 3 nitrogen and oxygen atoms in total. The van der Waals surface area contributed by atoms with Crippen molar-refractivity contribution >= 4 is 5.91 Å². The van der Waals surface area contributed by atoms with Crippen molar-refractivity contribution in [1.82, 2.24) is 10.6 Å². The van der Waals surface area contributed by atoms with Crippen LogP contribution in [0, 0.1) is 5.92 Å². The van der Waals surface area contributed by atoms with E-state index in [4.69, 9.17) is 0 Å². The van der Waals surface area contributed by atoms with Crippen molar-refractivity contribution in [3.05, 3.63) is 0 Å². The van der Waals surface area contributed by atoms with Crippen molar-refractivity contribution in [2.24, 2.45) is 5.92 Å². The SMILES string of the molecule is CCCCNC(=O)CNC1CCCCCC1C. The van der Waals surface area contributed by atoms with Crippen LogP contribution in [0.1, 0.15) is 58.8 Å². The molecule has 1 saturated carbocycles. The van der Waals surface area contributed by atoms with Crippen LogP contribution in [0.4, 0.5) is 0 Å². The molecule has 0 saturated heterocycles. The van der Waals surface area contributed by atoms with Gasteiger partial charge in [0.25, 0.3) is 0 Å². The molecule has 2 unspecified atom stereocenters. The lowest BCUT2D eigenvalue weighted by Gasteiger charge is -2.22. The van der Waals surface area contributed by atoms with Crippen LogP contribution in [-0.2, 0) is 4.79 Å². The molecule has 100 valence electrons. The van der Waals surface area contributed by atoms with Crippen LogP contribution in [0.15, 0.2) is 0 Å². The Morgan fingerprint density at radius 3 is 2.76 bits per heavy atom. The minimum absolute atomic E-state index is 0.148. The van der Waals surface area contributed by atoms with E-state index in [0.717, 1.165) is 19.4 Å². The van der Waals surface area contributed by atoms with Gasteiger partial charge in [0.05, 0.1) is 6.54 Å². The summed E-state index contributed by atoms with van der Waals surface area (Å²) in [6.07, 6.45) is 8.74. The third-order valence-corrected chi connectivity index (χ3v) is 3.74. The fourth-order valence-corrected chi connectivity index (χ4v) is 2.49. The van der Waals surface area contributed by atoms with Gasteiger partial charge in [-0.1, -0.05) is 39.5 Å². The summed E-state index contributed by atoms with van der Waals surface area (Å²) in [5.74, 6) is 0.857. The number of rotatable bonds is 6. The predicted octanol–water partition coefficient (Wildman–Crippen LogP) is 2.46. The summed E-state index contributed by atoms with van der Waals surface area (Å²) in [7, 11) is 0. The average molecular weight is 240 g/mol. The summed E-state index contributed by atoms with van der Waals surface area (Å²) in [4.78, 5) is 11.6. The second kappa shape index (κ2) is 8.51. The Morgan fingerprint density at radius 2 is 2.00 bits per heavy atom. The van der Waals surface area contributed by atoms with Crippen LogP contribution in [0.3, 0.4) is 0 Å². The maximum Gasteiger partial charge on any atom is 0.233 e. The minimum Gasteiger partial charge on any atom is -0.355 e. The maximum atomic E-state index is 11.6. The van der Waals surface area contributed by atoms with Gasteiger partial charge >= 0.3 is 0 Å². The Balaban J connectivity index is 2.16. The zero-order valence-corrected chi connectivity index (χ0v) is 11.4. The standard InChI is InChI=1S/C14H28N2O/c1-3-4-10-15-14(17)11-16-13-9-7-5-6-8-12(13)2/h12-13,16H,3-11H2,1-2H3,(H,15,17). The van der Waals surface area contributed by atoms with Crippen molar-refractivity contribution in [2.45, 2.75) is 64.8 Å². The van der Waals surface area contributed by atoms with E-state index >= 15 is 0 Å². The molecule has 0 aliphatic heterocycles. The van der Waals surface area contributed by atoms with Crippen LogP contribution >= 0.6 is 0 Å². The van der Waals surface area contributed by atoms with E-state index in [1.807, 2.05) is 0 Å². The highest BCUT2D eigenvalue weighted by Crippen LogP contribution is 2.22. The molecule has 1 aliphatic rings. The Morgan fingerprint density at radius 1 is 1.24 bits per heavy atom. The molecule has 17 heavy (non-hydrogen) atoms. The first-order valence-corrected chi connectivity index (χ1v) is 7.24. The van der Waals surface area contributed by atoms with Crippen molar-refractivity contribution in [3.63, 3.8) is 0 Å². The van der Waals surface area contributed by atoms with E-state index in [2.05, 4.69) is 24.5 Å².